The van der Waals surface area contributed by atoms with Gasteiger partial charge in [-0.25, -0.2) is 4.99 Å². The normalized spacial score (nSPS) is 14.2. The van der Waals surface area contributed by atoms with E-state index in [2.05, 4.69) is 73.3 Å². The third kappa shape index (κ3) is 2.62. The maximum absolute atomic E-state index is 6.47. The molecular formula is C25H14ClNS2. The summed E-state index contributed by atoms with van der Waals surface area (Å²) in [6.45, 7) is 4.27. The highest BCUT2D eigenvalue weighted by atomic mass is 35.5. The van der Waals surface area contributed by atoms with E-state index in [1.807, 2.05) is 17.4 Å². The van der Waals surface area contributed by atoms with Crippen LogP contribution in [0.15, 0.2) is 89.5 Å². The quantitative estimate of drug-likeness (QED) is 0.239. The van der Waals surface area contributed by atoms with Gasteiger partial charge in [0.15, 0.2) is 0 Å². The average molecular weight is 428 g/mol. The lowest BCUT2D eigenvalue weighted by Crippen LogP contribution is -2.02. The molecule has 138 valence electrons. The van der Waals surface area contributed by atoms with Gasteiger partial charge in [0.25, 0.3) is 0 Å². The van der Waals surface area contributed by atoms with Crippen molar-refractivity contribution >= 4 is 75.8 Å². The molecule has 29 heavy (non-hydrogen) atoms. The van der Waals surface area contributed by atoms with E-state index in [4.69, 9.17) is 16.6 Å². The molecule has 1 aliphatic heterocycles. The smallest absolute Gasteiger partial charge is 0.130 e. The van der Waals surface area contributed by atoms with Crippen molar-refractivity contribution in [1.82, 2.24) is 0 Å². The summed E-state index contributed by atoms with van der Waals surface area (Å²) in [6.07, 6.45) is 1.87. The number of nitrogens with zero attached hydrogens (tertiary/aromatic N) is 1. The molecule has 0 amide bonds. The highest BCUT2D eigenvalue weighted by molar-refractivity contribution is 7.25. The zero-order valence-corrected chi connectivity index (χ0v) is 17.7. The zero-order valence-electron chi connectivity index (χ0n) is 15.3. The highest BCUT2D eigenvalue weighted by Gasteiger charge is 2.22. The fraction of sp³-hybridized carbons (Fsp3) is 0. The first-order valence-electron chi connectivity index (χ1n) is 9.28. The molecule has 0 N–H and O–H groups in total. The van der Waals surface area contributed by atoms with Crippen LogP contribution in [0.4, 0.5) is 0 Å². The van der Waals surface area contributed by atoms with Gasteiger partial charge in [0, 0.05) is 41.4 Å². The van der Waals surface area contributed by atoms with E-state index in [1.54, 1.807) is 11.3 Å². The number of halogens is 1. The molecule has 0 atom stereocenters. The topological polar surface area (TPSA) is 12.4 Å². The summed E-state index contributed by atoms with van der Waals surface area (Å²) in [5.41, 5.74) is 4.03. The predicted octanol–water partition coefficient (Wildman–Crippen LogP) is 8.21. The van der Waals surface area contributed by atoms with Gasteiger partial charge in [-0.2, -0.15) is 0 Å². The Kier molecular flexibility index (Phi) is 3.78. The van der Waals surface area contributed by atoms with Gasteiger partial charge in [-0.1, -0.05) is 60.6 Å². The number of benzene rings is 3. The van der Waals surface area contributed by atoms with Crippen LogP contribution >= 0.6 is 34.3 Å². The Morgan fingerprint density at radius 3 is 2.28 bits per heavy atom. The molecule has 0 saturated carbocycles. The van der Waals surface area contributed by atoms with Crippen LogP contribution in [0.25, 0.3) is 35.8 Å². The number of aliphatic imine (C=N–C) groups is 1. The van der Waals surface area contributed by atoms with Crippen molar-refractivity contribution in [2.75, 3.05) is 0 Å². The van der Waals surface area contributed by atoms with Gasteiger partial charge in [-0.3, -0.25) is 0 Å². The number of thiophene rings is 2. The van der Waals surface area contributed by atoms with Crippen molar-refractivity contribution < 1.29 is 0 Å². The molecule has 0 fully saturated rings. The molecule has 0 spiro atoms. The van der Waals surface area contributed by atoms with E-state index in [9.17, 15) is 0 Å². The maximum atomic E-state index is 6.47. The lowest BCUT2D eigenvalue weighted by Gasteiger charge is -2.07. The summed E-state index contributed by atoms with van der Waals surface area (Å²) in [6, 6.07) is 23.6. The van der Waals surface area contributed by atoms with Crippen LogP contribution in [0.5, 0.6) is 0 Å². The van der Waals surface area contributed by atoms with E-state index in [0.717, 1.165) is 27.3 Å². The van der Waals surface area contributed by atoms with Gasteiger partial charge >= 0.3 is 0 Å². The molecule has 2 aromatic heterocycles. The summed E-state index contributed by atoms with van der Waals surface area (Å²) >= 11 is 10.0. The summed E-state index contributed by atoms with van der Waals surface area (Å²) < 4.78 is 3.82. The van der Waals surface area contributed by atoms with Crippen molar-refractivity contribution in [2.24, 2.45) is 4.99 Å². The lowest BCUT2D eigenvalue weighted by molar-refractivity contribution is 1.50. The second-order valence-electron chi connectivity index (χ2n) is 7.06. The third-order valence-electron chi connectivity index (χ3n) is 5.29. The van der Waals surface area contributed by atoms with Gasteiger partial charge in [0.2, 0.25) is 0 Å². The molecule has 0 saturated heterocycles. The molecule has 3 heterocycles. The highest BCUT2D eigenvalue weighted by Crippen LogP contribution is 2.41. The minimum atomic E-state index is 0.466. The van der Waals surface area contributed by atoms with Crippen molar-refractivity contribution in [2.45, 2.75) is 0 Å². The van der Waals surface area contributed by atoms with Crippen LogP contribution in [0.1, 0.15) is 16.0 Å². The SMILES string of the molecule is C=C1C=C(Cl)N=C(c2ccc3sc4ccccc4c3c2)c2sc3ccccc3c21. The first-order chi connectivity index (χ1) is 14.2. The van der Waals surface area contributed by atoms with Crippen LogP contribution in [-0.2, 0) is 0 Å². The number of hydrogen-bond donors (Lipinski definition) is 0. The minimum absolute atomic E-state index is 0.466. The Hall–Kier alpha value is -2.72. The van der Waals surface area contributed by atoms with E-state index in [-0.39, 0.29) is 0 Å². The monoisotopic (exact) mass is 427 g/mol. The van der Waals surface area contributed by atoms with Crippen LogP contribution < -0.4 is 0 Å². The molecular weight excluding hydrogens is 414 g/mol. The second kappa shape index (κ2) is 6.39. The van der Waals surface area contributed by atoms with Gasteiger partial charge in [0.05, 0.1) is 10.6 Å². The van der Waals surface area contributed by atoms with Crippen LogP contribution in [0.2, 0.25) is 0 Å². The van der Waals surface area contributed by atoms with E-state index >= 15 is 0 Å². The predicted molar refractivity (Wildman–Crippen MR) is 130 cm³/mol. The summed E-state index contributed by atoms with van der Waals surface area (Å²) in [5, 5.41) is 4.21. The van der Waals surface area contributed by atoms with Crippen molar-refractivity contribution in [3.8, 4) is 0 Å². The fourth-order valence-corrected chi connectivity index (χ4v) is 6.56. The van der Waals surface area contributed by atoms with E-state index in [1.165, 1.54) is 30.3 Å². The third-order valence-corrected chi connectivity index (χ3v) is 7.82. The summed E-state index contributed by atoms with van der Waals surface area (Å²) in [4.78, 5) is 5.93. The van der Waals surface area contributed by atoms with E-state index in [0.29, 0.717) is 5.16 Å². The Morgan fingerprint density at radius 1 is 0.759 bits per heavy atom. The molecule has 3 aromatic carbocycles. The largest absolute Gasteiger partial charge is 0.235 e. The number of fused-ring (bicyclic) bond motifs is 6. The number of rotatable bonds is 1. The molecule has 5 aromatic rings. The molecule has 4 heteroatoms. The van der Waals surface area contributed by atoms with Crippen LogP contribution in [-0.4, -0.2) is 5.71 Å². The molecule has 1 aliphatic rings. The minimum Gasteiger partial charge on any atom is -0.235 e. The van der Waals surface area contributed by atoms with Gasteiger partial charge in [-0.05, 0) is 35.9 Å². The Bertz CT molecular complexity index is 1530. The Morgan fingerprint density at radius 2 is 1.45 bits per heavy atom. The van der Waals surface area contributed by atoms with E-state index < -0.39 is 0 Å². The van der Waals surface area contributed by atoms with Gasteiger partial charge in [-0.15, -0.1) is 22.7 Å². The summed E-state index contributed by atoms with van der Waals surface area (Å²) in [7, 11) is 0. The number of hydrogen-bond acceptors (Lipinski definition) is 3. The standard InChI is InChI=1S/C25H14ClNS2/c1-14-12-22(26)27-24(25-23(14)17-7-3-5-9-20(17)29-25)15-10-11-21-18(13-15)16-6-2-4-8-19(16)28-21/h2-13H,1H2. The average Bonchev–Trinajstić information content (AvgIpc) is 3.26. The van der Waals surface area contributed by atoms with Crippen molar-refractivity contribution in [3.05, 3.63) is 101 Å². The molecule has 0 unspecified atom stereocenters. The molecule has 0 bridgehead atoms. The van der Waals surface area contributed by atoms with Crippen LogP contribution in [0, 0.1) is 0 Å². The van der Waals surface area contributed by atoms with Crippen molar-refractivity contribution in [3.63, 3.8) is 0 Å². The maximum Gasteiger partial charge on any atom is 0.130 e. The molecule has 0 radical (unpaired) electrons. The fourth-order valence-electron chi connectivity index (χ4n) is 4.01. The second-order valence-corrected chi connectivity index (χ2v) is 9.59. The molecule has 6 rings (SSSR count). The van der Waals surface area contributed by atoms with Crippen molar-refractivity contribution in [1.29, 1.82) is 0 Å². The summed E-state index contributed by atoms with van der Waals surface area (Å²) in [5.74, 6) is 0. The van der Waals surface area contributed by atoms with Crippen LogP contribution in [0.3, 0.4) is 0 Å². The zero-order chi connectivity index (χ0) is 19.5. The van der Waals surface area contributed by atoms with Gasteiger partial charge < -0.3 is 0 Å². The lowest BCUT2D eigenvalue weighted by atomic mass is 9.98. The molecule has 0 aliphatic carbocycles. The Labute approximate surface area is 180 Å². The molecule has 1 nitrogen and oxygen atoms in total. The first-order valence-corrected chi connectivity index (χ1v) is 11.3. The van der Waals surface area contributed by atoms with Gasteiger partial charge in [0.1, 0.15) is 5.16 Å². The number of allylic oxidation sites excluding steroid dienone is 2. The first kappa shape index (κ1) is 17.2. The Balaban J connectivity index is 1.65.